The van der Waals surface area contributed by atoms with Crippen LogP contribution in [-0.4, -0.2) is 35.1 Å². The number of hydrogen-bond donors (Lipinski definition) is 1. The Bertz CT molecular complexity index is 403. The molecular weight excluding hydrogens is 214 g/mol. The number of aliphatic hydroxyl groups excluding tert-OH is 1. The molecule has 0 saturated carbocycles. The van der Waals surface area contributed by atoms with Gasteiger partial charge in [0.2, 0.25) is 0 Å². The molecule has 3 nitrogen and oxygen atoms in total. The minimum Gasteiger partial charge on any atom is -0.391 e. The number of carbonyl (C=O) groups excluding carboxylic acids is 1. The molecule has 1 amide bonds. The maximum absolute atomic E-state index is 12.2. The summed E-state index contributed by atoms with van der Waals surface area (Å²) >= 11 is 0. The Morgan fingerprint density at radius 2 is 2.35 bits per heavy atom. The summed E-state index contributed by atoms with van der Waals surface area (Å²) in [6.07, 6.45) is 2.43. The van der Waals surface area contributed by atoms with Gasteiger partial charge in [0.25, 0.3) is 5.91 Å². The number of carbonyl (C=O) groups is 1. The molecule has 0 radical (unpaired) electrons. The molecule has 1 aliphatic rings. The summed E-state index contributed by atoms with van der Waals surface area (Å²) in [5.41, 5.74) is 1.95. The van der Waals surface area contributed by atoms with Crippen LogP contribution in [0.3, 0.4) is 0 Å². The fourth-order valence-electron chi connectivity index (χ4n) is 2.26. The second-order valence-electron chi connectivity index (χ2n) is 4.64. The van der Waals surface area contributed by atoms with Crippen molar-refractivity contribution in [1.82, 2.24) is 4.90 Å². The van der Waals surface area contributed by atoms with Gasteiger partial charge in [-0.3, -0.25) is 4.79 Å². The molecule has 1 aromatic carbocycles. The Morgan fingerprint density at radius 3 is 3.00 bits per heavy atom. The fourth-order valence-corrected chi connectivity index (χ4v) is 2.26. The zero-order valence-corrected chi connectivity index (χ0v) is 10.2. The molecule has 92 valence electrons. The van der Waals surface area contributed by atoms with Crippen LogP contribution < -0.4 is 0 Å². The van der Waals surface area contributed by atoms with Crippen LogP contribution in [0.2, 0.25) is 0 Å². The zero-order chi connectivity index (χ0) is 12.3. The van der Waals surface area contributed by atoms with E-state index in [-0.39, 0.29) is 12.0 Å². The Morgan fingerprint density at radius 1 is 1.53 bits per heavy atom. The molecular formula is C14H19NO2. The molecule has 1 atom stereocenters. The number of benzene rings is 1. The summed E-state index contributed by atoms with van der Waals surface area (Å²) in [4.78, 5) is 13.9. The largest absolute Gasteiger partial charge is 0.391 e. The lowest BCUT2D eigenvalue weighted by atomic mass is 10.1. The Kier molecular flexibility index (Phi) is 3.79. The number of β-amino-alcohol motifs (C(OH)–C–C–N with tert-alkyl or cyclic N) is 1. The van der Waals surface area contributed by atoms with Crippen LogP contribution in [0.25, 0.3) is 0 Å². The van der Waals surface area contributed by atoms with E-state index in [0.29, 0.717) is 19.5 Å². The van der Waals surface area contributed by atoms with Crippen molar-refractivity contribution in [2.45, 2.75) is 32.3 Å². The Labute approximate surface area is 102 Å². The van der Waals surface area contributed by atoms with Crippen LogP contribution in [0.1, 0.15) is 35.7 Å². The van der Waals surface area contributed by atoms with Gasteiger partial charge in [-0.2, -0.15) is 0 Å². The number of rotatable bonds is 3. The van der Waals surface area contributed by atoms with Gasteiger partial charge in [-0.15, -0.1) is 0 Å². The molecule has 1 heterocycles. The number of aliphatic hydroxyl groups is 1. The highest BCUT2D eigenvalue weighted by molar-refractivity contribution is 5.94. The van der Waals surface area contributed by atoms with E-state index in [9.17, 15) is 9.90 Å². The molecule has 2 rings (SSSR count). The van der Waals surface area contributed by atoms with E-state index in [1.807, 2.05) is 18.2 Å². The first-order valence-electron chi connectivity index (χ1n) is 6.27. The van der Waals surface area contributed by atoms with Gasteiger partial charge in [0, 0.05) is 18.7 Å². The third-order valence-corrected chi connectivity index (χ3v) is 3.16. The van der Waals surface area contributed by atoms with Gasteiger partial charge in [0.15, 0.2) is 0 Å². The average Bonchev–Trinajstić information content (AvgIpc) is 2.76. The molecule has 1 aliphatic heterocycles. The third-order valence-electron chi connectivity index (χ3n) is 3.16. The van der Waals surface area contributed by atoms with E-state index < -0.39 is 0 Å². The maximum atomic E-state index is 12.2. The highest BCUT2D eigenvalue weighted by atomic mass is 16.3. The number of likely N-dealkylation sites (tertiary alicyclic amines) is 1. The van der Waals surface area contributed by atoms with Crippen LogP contribution in [0.5, 0.6) is 0 Å². The molecule has 17 heavy (non-hydrogen) atoms. The summed E-state index contributed by atoms with van der Waals surface area (Å²) in [5, 5.41) is 9.44. The summed E-state index contributed by atoms with van der Waals surface area (Å²) in [7, 11) is 0. The van der Waals surface area contributed by atoms with E-state index in [0.717, 1.165) is 18.4 Å². The normalized spacial score (nSPS) is 19.6. The van der Waals surface area contributed by atoms with Gasteiger partial charge < -0.3 is 10.0 Å². The molecule has 0 spiro atoms. The van der Waals surface area contributed by atoms with Crippen molar-refractivity contribution >= 4 is 5.91 Å². The van der Waals surface area contributed by atoms with E-state index in [1.165, 1.54) is 5.56 Å². The highest BCUT2D eigenvalue weighted by Gasteiger charge is 2.25. The third kappa shape index (κ3) is 2.86. The van der Waals surface area contributed by atoms with Crippen molar-refractivity contribution in [3.8, 4) is 0 Å². The van der Waals surface area contributed by atoms with Gasteiger partial charge in [-0.05, 0) is 30.5 Å². The van der Waals surface area contributed by atoms with Crippen LogP contribution in [0, 0.1) is 0 Å². The molecule has 0 unspecified atom stereocenters. The smallest absolute Gasteiger partial charge is 0.253 e. The van der Waals surface area contributed by atoms with Gasteiger partial charge in [-0.1, -0.05) is 25.5 Å². The van der Waals surface area contributed by atoms with E-state index in [4.69, 9.17) is 0 Å². The molecule has 0 aliphatic carbocycles. The number of hydrogen-bond acceptors (Lipinski definition) is 2. The molecule has 1 saturated heterocycles. The monoisotopic (exact) mass is 233 g/mol. The van der Waals surface area contributed by atoms with Gasteiger partial charge in [0.05, 0.1) is 6.10 Å². The number of amides is 1. The molecule has 0 aromatic heterocycles. The quantitative estimate of drug-likeness (QED) is 0.865. The minimum atomic E-state index is -0.349. The summed E-state index contributed by atoms with van der Waals surface area (Å²) in [6.45, 7) is 3.26. The van der Waals surface area contributed by atoms with E-state index >= 15 is 0 Å². The first kappa shape index (κ1) is 12.1. The second-order valence-corrected chi connectivity index (χ2v) is 4.64. The molecule has 0 bridgehead atoms. The summed E-state index contributed by atoms with van der Waals surface area (Å²) in [6, 6.07) is 7.81. The first-order chi connectivity index (χ1) is 8.20. The fraction of sp³-hybridized carbons (Fsp3) is 0.500. The van der Waals surface area contributed by atoms with E-state index in [2.05, 4.69) is 13.0 Å². The predicted molar refractivity (Wildman–Crippen MR) is 67.0 cm³/mol. The minimum absolute atomic E-state index is 0.0412. The van der Waals surface area contributed by atoms with Crippen molar-refractivity contribution in [2.24, 2.45) is 0 Å². The zero-order valence-electron chi connectivity index (χ0n) is 10.2. The van der Waals surface area contributed by atoms with E-state index in [1.54, 1.807) is 4.90 Å². The second kappa shape index (κ2) is 5.32. The SMILES string of the molecule is CCCc1cccc(C(=O)N2CC[C@H](O)C2)c1. The summed E-state index contributed by atoms with van der Waals surface area (Å²) in [5.74, 6) is 0.0412. The number of nitrogens with zero attached hydrogens (tertiary/aromatic N) is 1. The Balaban J connectivity index is 2.10. The lowest BCUT2D eigenvalue weighted by molar-refractivity contribution is 0.0765. The van der Waals surface area contributed by atoms with Crippen LogP contribution in [0.15, 0.2) is 24.3 Å². The maximum Gasteiger partial charge on any atom is 0.253 e. The molecule has 1 aromatic rings. The topological polar surface area (TPSA) is 40.5 Å². The van der Waals surface area contributed by atoms with Crippen molar-refractivity contribution in [3.63, 3.8) is 0 Å². The van der Waals surface area contributed by atoms with Crippen molar-refractivity contribution < 1.29 is 9.90 Å². The number of aryl methyl sites for hydroxylation is 1. The van der Waals surface area contributed by atoms with Crippen LogP contribution in [0.4, 0.5) is 0 Å². The van der Waals surface area contributed by atoms with Gasteiger partial charge in [-0.25, -0.2) is 0 Å². The molecule has 3 heteroatoms. The van der Waals surface area contributed by atoms with Crippen molar-refractivity contribution in [3.05, 3.63) is 35.4 Å². The van der Waals surface area contributed by atoms with Crippen LogP contribution >= 0.6 is 0 Å². The van der Waals surface area contributed by atoms with Gasteiger partial charge >= 0.3 is 0 Å². The highest BCUT2D eigenvalue weighted by Crippen LogP contribution is 2.15. The van der Waals surface area contributed by atoms with Crippen LogP contribution in [-0.2, 0) is 6.42 Å². The Hall–Kier alpha value is -1.35. The standard InChI is InChI=1S/C14H19NO2/c1-2-4-11-5-3-6-12(9-11)14(17)15-8-7-13(16)10-15/h3,5-6,9,13,16H,2,4,7-8,10H2,1H3/t13-/m0/s1. The first-order valence-corrected chi connectivity index (χ1v) is 6.27. The summed E-state index contributed by atoms with van der Waals surface area (Å²) < 4.78 is 0. The lowest BCUT2D eigenvalue weighted by Gasteiger charge is -2.15. The predicted octanol–water partition coefficient (Wildman–Crippen LogP) is 1.85. The lowest BCUT2D eigenvalue weighted by Crippen LogP contribution is -2.29. The van der Waals surface area contributed by atoms with Crippen molar-refractivity contribution in [1.29, 1.82) is 0 Å². The van der Waals surface area contributed by atoms with Gasteiger partial charge in [0.1, 0.15) is 0 Å². The molecule has 1 fully saturated rings. The molecule has 1 N–H and O–H groups in total. The average molecular weight is 233 g/mol. The van der Waals surface area contributed by atoms with Crippen molar-refractivity contribution in [2.75, 3.05) is 13.1 Å².